The number of nitrogens with one attached hydrogen (secondary N) is 1. The summed E-state index contributed by atoms with van der Waals surface area (Å²) in [6, 6.07) is 2.59. The average Bonchev–Trinajstić information content (AvgIpc) is 2.16. The Kier molecular flexibility index (Phi) is 4.67. The van der Waals surface area contributed by atoms with Gasteiger partial charge in [-0.05, 0) is 18.1 Å². The number of pyridine rings is 1. The predicted molar refractivity (Wildman–Crippen MR) is 60.4 cm³/mol. The first-order chi connectivity index (χ1) is 7.42. The molecule has 1 aromatic rings. The zero-order valence-corrected chi connectivity index (χ0v) is 10.5. The van der Waals surface area contributed by atoms with Crippen LogP contribution < -0.4 is 4.89 Å². The molecule has 0 unspecified atom stereocenters. The third-order valence-corrected chi connectivity index (χ3v) is 3.01. The van der Waals surface area contributed by atoms with Crippen LogP contribution in [0.15, 0.2) is 23.2 Å². The van der Waals surface area contributed by atoms with Crippen molar-refractivity contribution in [1.29, 1.82) is 0 Å². The minimum absolute atomic E-state index is 0.0243. The maximum absolute atomic E-state index is 11.6. The van der Waals surface area contributed by atoms with Crippen LogP contribution in [0.5, 0.6) is 0 Å². The van der Waals surface area contributed by atoms with Gasteiger partial charge in [-0.3, -0.25) is 4.84 Å². The van der Waals surface area contributed by atoms with Crippen LogP contribution in [-0.4, -0.2) is 20.0 Å². The zero-order valence-electron chi connectivity index (χ0n) is 8.97. The molecule has 0 saturated carbocycles. The highest BCUT2D eigenvalue weighted by atomic mass is 35.5. The molecule has 90 valence electrons. The highest BCUT2D eigenvalue weighted by Crippen LogP contribution is 2.12. The van der Waals surface area contributed by atoms with Crippen molar-refractivity contribution < 1.29 is 13.3 Å². The van der Waals surface area contributed by atoms with Gasteiger partial charge in [-0.2, -0.15) is 0 Å². The van der Waals surface area contributed by atoms with Crippen LogP contribution in [0.1, 0.15) is 13.8 Å². The number of aromatic nitrogens is 1. The third-order valence-electron chi connectivity index (χ3n) is 1.59. The fraction of sp³-hybridized carbons (Fsp3) is 0.444. The normalized spacial score (nSPS) is 12.0. The maximum Gasteiger partial charge on any atom is 0.262 e. The molecule has 7 heteroatoms. The molecule has 1 rings (SSSR count). The SMILES string of the molecule is CC(C)CONS(=O)(=O)c1ccnc(Cl)c1. The number of halogens is 1. The molecule has 0 aliphatic carbocycles. The van der Waals surface area contributed by atoms with Gasteiger partial charge in [0.05, 0.1) is 11.5 Å². The molecule has 1 aromatic heterocycles. The van der Waals surface area contributed by atoms with Gasteiger partial charge in [0.2, 0.25) is 0 Å². The van der Waals surface area contributed by atoms with Crippen LogP contribution in [0.4, 0.5) is 0 Å². The quantitative estimate of drug-likeness (QED) is 0.648. The van der Waals surface area contributed by atoms with Crippen LogP contribution in [0.25, 0.3) is 0 Å². The van der Waals surface area contributed by atoms with Crippen LogP contribution >= 0.6 is 11.6 Å². The van der Waals surface area contributed by atoms with Crippen LogP contribution in [0, 0.1) is 5.92 Å². The molecule has 5 nitrogen and oxygen atoms in total. The number of nitrogens with zero attached hydrogens (tertiary/aromatic N) is 1. The predicted octanol–water partition coefficient (Wildman–Crippen LogP) is 1.60. The van der Waals surface area contributed by atoms with Gasteiger partial charge in [0.25, 0.3) is 10.0 Å². The number of hydrogen-bond donors (Lipinski definition) is 1. The van der Waals surface area contributed by atoms with Gasteiger partial charge in [-0.1, -0.05) is 30.3 Å². The summed E-state index contributed by atoms with van der Waals surface area (Å²) in [6.07, 6.45) is 1.32. The second kappa shape index (κ2) is 5.58. The highest BCUT2D eigenvalue weighted by Gasteiger charge is 2.14. The number of rotatable bonds is 5. The zero-order chi connectivity index (χ0) is 12.2. The standard InChI is InChI=1S/C9H13ClN2O3S/c1-7(2)6-15-12-16(13,14)8-3-4-11-9(10)5-8/h3-5,7,12H,6H2,1-2H3. The van der Waals surface area contributed by atoms with Gasteiger partial charge in [-0.25, -0.2) is 13.4 Å². The fourth-order valence-corrected chi connectivity index (χ4v) is 1.94. The van der Waals surface area contributed by atoms with Gasteiger partial charge in [-0.15, -0.1) is 0 Å². The summed E-state index contributed by atoms with van der Waals surface area (Å²) < 4.78 is 23.3. The first-order valence-electron chi connectivity index (χ1n) is 4.67. The van der Waals surface area contributed by atoms with E-state index in [1.54, 1.807) is 0 Å². The molecule has 16 heavy (non-hydrogen) atoms. The molecule has 0 aromatic carbocycles. The van der Waals surface area contributed by atoms with E-state index in [2.05, 4.69) is 4.98 Å². The Morgan fingerprint density at radius 3 is 2.81 bits per heavy atom. The van der Waals surface area contributed by atoms with E-state index in [-0.39, 0.29) is 16.0 Å². The molecular weight excluding hydrogens is 252 g/mol. The van der Waals surface area contributed by atoms with E-state index in [1.165, 1.54) is 18.3 Å². The lowest BCUT2D eigenvalue weighted by Crippen LogP contribution is -2.25. The fourth-order valence-electron chi connectivity index (χ4n) is 0.878. The average molecular weight is 265 g/mol. The van der Waals surface area contributed by atoms with Crippen molar-refractivity contribution in [2.24, 2.45) is 5.92 Å². The monoisotopic (exact) mass is 264 g/mol. The summed E-state index contributed by atoms with van der Waals surface area (Å²) in [4.78, 5) is 10.6. The topological polar surface area (TPSA) is 68.3 Å². The van der Waals surface area contributed by atoms with Gasteiger partial charge in [0, 0.05) is 6.20 Å². The smallest absolute Gasteiger partial charge is 0.262 e. The summed E-state index contributed by atoms with van der Waals surface area (Å²) >= 11 is 5.59. The lowest BCUT2D eigenvalue weighted by molar-refractivity contribution is 0.0718. The molecule has 1 heterocycles. The molecule has 0 aliphatic heterocycles. The molecule has 0 radical (unpaired) electrons. The van der Waals surface area contributed by atoms with E-state index in [9.17, 15) is 8.42 Å². The van der Waals surface area contributed by atoms with Crippen molar-refractivity contribution in [1.82, 2.24) is 9.87 Å². The van der Waals surface area contributed by atoms with Crippen molar-refractivity contribution in [3.8, 4) is 0 Å². The molecule has 0 spiro atoms. The summed E-state index contributed by atoms with van der Waals surface area (Å²) in [7, 11) is -3.68. The summed E-state index contributed by atoms with van der Waals surface area (Å²) in [5.41, 5.74) is 0. The number of hydrogen-bond acceptors (Lipinski definition) is 4. The van der Waals surface area contributed by atoms with E-state index in [0.29, 0.717) is 6.61 Å². The van der Waals surface area contributed by atoms with E-state index in [0.717, 1.165) is 0 Å². The molecular formula is C9H13ClN2O3S. The molecule has 0 fully saturated rings. The first-order valence-corrected chi connectivity index (χ1v) is 6.53. The van der Waals surface area contributed by atoms with Crippen LogP contribution in [0.3, 0.4) is 0 Å². The van der Waals surface area contributed by atoms with Crippen molar-refractivity contribution in [2.75, 3.05) is 6.61 Å². The van der Waals surface area contributed by atoms with E-state index < -0.39 is 10.0 Å². The van der Waals surface area contributed by atoms with Crippen molar-refractivity contribution in [3.63, 3.8) is 0 Å². The first kappa shape index (κ1) is 13.4. The lowest BCUT2D eigenvalue weighted by atomic mass is 10.2. The Hall–Kier alpha value is -0.690. The molecule has 0 amide bonds. The lowest BCUT2D eigenvalue weighted by Gasteiger charge is -2.08. The Labute approximate surface area is 99.8 Å². The van der Waals surface area contributed by atoms with Gasteiger partial charge in [0.15, 0.2) is 0 Å². The minimum Gasteiger partial charge on any atom is -0.287 e. The molecule has 0 atom stereocenters. The molecule has 1 N–H and O–H groups in total. The van der Waals surface area contributed by atoms with E-state index in [1.807, 2.05) is 18.7 Å². The van der Waals surface area contributed by atoms with Gasteiger partial charge in [0.1, 0.15) is 5.15 Å². The second-order valence-corrected chi connectivity index (χ2v) is 5.64. The summed E-state index contributed by atoms with van der Waals surface area (Å²) in [5, 5.41) is 0.117. The summed E-state index contributed by atoms with van der Waals surface area (Å²) in [6.45, 7) is 4.13. The Morgan fingerprint density at radius 2 is 2.25 bits per heavy atom. The van der Waals surface area contributed by atoms with Gasteiger partial charge >= 0.3 is 0 Å². The van der Waals surface area contributed by atoms with Crippen molar-refractivity contribution >= 4 is 21.6 Å². The van der Waals surface area contributed by atoms with Crippen LogP contribution in [0.2, 0.25) is 5.15 Å². The molecule has 0 saturated heterocycles. The van der Waals surface area contributed by atoms with E-state index >= 15 is 0 Å². The summed E-state index contributed by atoms with van der Waals surface area (Å²) in [5.74, 6) is 0.240. The Bertz CT molecular complexity index is 448. The second-order valence-electron chi connectivity index (χ2n) is 3.61. The van der Waals surface area contributed by atoms with Crippen molar-refractivity contribution in [2.45, 2.75) is 18.7 Å². The highest BCUT2D eigenvalue weighted by molar-refractivity contribution is 7.89. The largest absolute Gasteiger partial charge is 0.287 e. The van der Waals surface area contributed by atoms with E-state index in [4.69, 9.17) is 16.4 Å². The molecule has 0 bridgehead atoms. The minimum atomic E-state index is -3.68. The van der Waals surface area contributed by atoms with Crippen LogP contribution in [-0.2, 0) is 14.9 Å². The Balaban J connectivity index is 2.71. The third kappa shape index (κ3) is 4.05. The van der Waals surface area contributed by atoms with Gasteiger partial charge < -0.3 is 0 Å². The molecule has 0 aliphatic rings. The van der Waals surface area contributed by atoms with Crippen molar-refractivity contribution in [3.05, 3.63) is 23.5 Å². The Morgan fingerprint density at radius 1 is 1.56 bits per heavy atom. The number of sulfonamides is 1. The maximum atomic E-state index is 11.6.